The van der Waals surface area contributed by atoms with E-state index in [4.69, 9.17) is 4.74 Å². The van der Waals surface area contributed by atoms with Crippen molar-refractivity contribution in [2.24, 2.45) is 5.41 Å². The van der Waals surface area contributed by atoms with Crippen LogP contribution in [0.3, 0.4) is 0 Å². The van der Waals surface area contributed by atoms with Gasteiger partial charge in [0.25, 0.3) is 0 Å². The van der Waals surface area contributed by atoms with Crippen molar-refractivity contribution in [2.75, 3.05) is 26.7 Å². The molecule has 1 N–H and O–H groups in total. The minimum Gasteiger partial charge on any atom is -0.496 e. The number of para-hydroxylation sites is 1. The van der Waals surface area contributed by atoms with Crippen LogP contribution in [-0.4, -0.2) is 42.5 Å². The van der Waals surface area contributed by atoms with E-state index in [1.807, 2.05) is 49.6 Å². The van der Waals surface area contributed by atoms with E-state index in [-0.39, 0.29) is 5.91 Å². The maximum absolute atomic E-state index is 13.2. The number of likely N-dealkylation sites (tertiary alicyclic amines) is 1. The van der Waals surface area contributed by atoms with E-state index < -0.39 is 5.41 Å². The molecule has 1 atom stereocenters. The second kappa shape index (κ2) is 9.96. The van der Waals surface area contributed by atoms with Crippen LogP contribution in [0.2, 0.25) is 0 Å². The van der Waals surface area contributed by atoms with Gasteiger partial charge in [-0.1, -0.05) is 42.5 Å². The number of rotatable bonds is 8. The largest absolute Gasteiger partial charge is 0.496 e. The maximum Gasteiger partial charge on any atom is 0.227 e. The molecule has 0 spiro atoms. The van der Waals surface area contributed by atoms with Crippen LogP contribution in [0.4, 0.5) is 0 Å². The Morgan fingerprint density at radius 1 is 1.06 bits per heavy atom. The third kappa shape index (κ3) is 4.83. The Morgan fingerprint density at radius 2 is 1.78 bits per heavy atom. The van der Waals surface area contributed by atoms with Crippen LogP contribution in [0.5, 0.6) is 5.75 Å². The highest BCUT2D eigenvalue weighted by molar-refractivity contribution is 5.83. The highest BCUT2D eigenvalue weighted by Gasteiger charge is 2.44. The van der Waals surface area contributed by atoms with Gasteiger partial charge in [0.15, 0.2) is 0 Å². The number of methoxy groups -OCH3 is 1. The van der Waals surface area contributed by atoms with Gasteiger partial charge < -0.3 is 10.1 Å². The van der Waals surface area contributed by atoms with Crippen molar-refractivity contribution in [3.63, 3.8) is 0 Å². The van der Waals surface area contributed by atoms with Gasteiger partial charge in [-0.05, 0) is 61.2 Å². The molecule has 1 amide bonds. The summed E-state index contributed by atoms with van der Waals surface area (Å²) < 4.78 is 5.53. The van der Waals surface area contributed by atoms with Crippen molar-refractivity contribution in [1.82, 2.24) is 15.2 Å². The molecule has 1 aliphatic heterocycles. The number of hydrogen-bond acceptors (Lipinski definition) is 4. The van der Waals surface area contributed by atoms with Gasteiger partial charge >= 0.3 is 0 Å². The van der Waals surface area contributed by atoms with E-state index in [0.29, 0.717) is 6.54 Å². The summed E-state index contributed by atoms with van der Waals surface area (Å²) in [6.07, 6.45) is 5.20. The lowest BCUT2D eigenvalue weighted by Gasteiger charge is -2.28. The van der Waals surface area contributed by atoms with Crippen molar-refractivity contribution in [3.05, 3.63) is 84.2 Å². The summed E-state index contributed by atoms with van der Waals surface area (Å²) >= 11 is 0. The first-order chi connectivity index (χ1) is 15.6. The van der Waals surface area contributed by atoms with E-state index >= 15 is 0 Å². The van der Waals surface area contributed by atoms with Gasteiger partial charge in [0, 0.05) is 37.6 Å². The highest BCUT2D eigenvalue weighted by atomic mass is 16.5. The molecule has 0 aliphatic carbocycles. The first-order valence-corrected chi connectivity index (χ1v) is 11.3. The molecule has 0 saturated carbocycles. The number of hydrogen-bond donors (Lipinski definition) is 1. The third-order valence-corrected chi connectivity index (χ3v) is 6.35. The predicted octanol–water partition coefficient (Wildman–Crippen LogP) is 4.33. The lowest BCUT2D eigenvalue weighted by molar-refractivity contribution is -0.130. The van der Waals surface area contributed by atoms with Gasteiger partial charge in [0.05, 0.1) is 12.5 Å². The number of pyridine rings is 1. The molecule has 1 saturated heterocycles. The van der Waals surface area contributed by atoms with E-state index in [9.17, 15) is 4.79 Å². The first-order valence-electron chi connectivity index (χ1n) is 11.3. The Hall–Kier alpha value is -3.18. The number of nitrogens with zero attached hydrogens (tertiary/aromatic N) is 2. The molecule has 0 bridgehead atoms. The fourth-order valence-electron chi connectivity index (χ4n) is 4.68. The van der Waals surface area contributed by atoms with Gasteiger partial charge in [0.1, 0.15) is 5.75 Å². The van der Waals surface area contributed by atoms with Crippen molar-refractivity contribution < 1.29 is 9.53 Å². The molecular formula is C27H31N3O2. The van der Waals surface area contributed by atoms with Crippen molar-refractivity contribution in [1.29, 1.82) is 0 Å². The minimum atomic E-state index is -0.420. The molecule has 166 valence electrons. The Kier molecular flexibility index (Phi) is 6.86. The zero-order valence-corrected chi connectivity index (χ0v) is 18.9. The maximum atomic E-state index is 13.2. The average molecular weight is 430 g/mol. The zero-order valence-electron chi connectivity index (χ0n) is 18.9. The quantitative estimate of drug-likeness (QED) is 0.579. The van der Waals surface area contributed by atoms with Crippen molar-refractivity contribution in [3.8, 4) is 16.9 Å². The molecule has 32 heavy (non-hydrogen) atoms. The van der Waals surface area contributed by atoms with Crippen molar-refractivity contribution >= 4 is 5.91 Å². The summed E-state index contributed by atoms with van der Waals surface area (Å²) in [5.41, 5.74) is 4.23. The number of ether oxygens (including phenoxy) is 1. The van der Waals surface area contributed by atoms with Gasteiger partial charge in [0.2, 0.25) is 5.91 Å². The van der Waals surface area contributed by atoms with Crippen LogP contribution in [0, 0.1) is 5.41 Å². The number of amides is 1. The molecule has 1 aromatic heterocycles. The summed E-state index contributed by atoms with van der Waals surface area (Å²) in [5.74, 6) is 1.05. The van der Waals surface area contributed by atoms with E-state index in [0.717, 1.165) is 54.9 Å². The molecule has 5 nitrogen and oxygen atoms in total. The van der Waals surface area contributed by atoms with Crippen LogP contribution in [-0.2, 0) is 17.8 Å². The van der Waals surface area contributed by atoms with Gasteiger partial charge in [-0.15, -0.1) is 0 Å². The normalized spacial score (nSPS) is 18.4. The number of carbonyl (C=O) groups excluding carboxylic acids is 1. The number of aromatic nitrogens is 1. The minimum absolute atomic E-state index is 0.153. The summed E-state index contributed by atoms with van der Waals surface area (Å²) in [5, 5.41) is 3.10. The SMILES string of the molecule is CCNC(=O)[C@]1(Cc2ccc(-c3ccncc3)cc2)CCN(Cc2ccccc2OC)C1. The first kappa shape index (κ1) is 22.0. The molecule has 1 fully saturated rings. The standard InChI is InChI=1S/C27H31N3O2/c1-3-29-26(31)27(14-17-30(20-27)19-24-6-4-5-7-25(24)32-2)18-21-8-10-22(11-9-21)23-12-15-28-16-13-23/h4-13,15-16H,3,14,17-20H2,1-2H3,(H,29,31)/t27-/m0/s1. The topological polar surface area (TPSA) is 54.5 Å². The third-order valence-electron chi connectivity index (χ3n) is 6.35. The second-order valence-electron chi connectivity index (χ2n) is 8.52. The van der Waals surface area contributed by atoms with Gasteiger partial charge in [-0.3, -0.25) is 14.7 Å². The monoisotopic (exact) mass is 429 g/mol. The Labute approximate surface area is 190 Å². The molecule has 2 aromatic carbocycles. The van der Waals surface area contributed by atoms with Crippen LogP contribution >= 0.6 is 0 Å². The Morgan fingerprint density at radius 3 is 2.50 bits per heavy atom. The van der Waals surface area contributed by atoms with Crippen molar-refractivity contribution in [2.45, 2.75) is 26.3 Å². The van der Waals surface area contributed by atoms with Crippen LogP contribution in [0.1, 0.15) is 24.5 Å². The van der Waals surface area contributed by atoms with Crippen LogP contribution in [0.25, 0.3) is 11.1 Å². The van der Waals surface area contributed by atoms with Crippen LogP contribution < -0.4 is 10.1 Å². The molecule has 0 unspecified atom stereocenters. The Balaban J connectivity index is 1.52. The zero-order chi connectivity index (χ0) is 22.4. The molecule has 1 aliphatic rings. The predicted molar refractivity (Wildman–Crippen MR) is 127 cm³/mol. The molecule has 2 heterocycles. The van der Waals surface area contributed by atoms with Crippen LogP contribution in [0.15, 0.2) is 73.1 Å². The smallest absolute Gasteiger partial charge is 0.227 e. The summed E-state index contributed by atoms with van der Waals surface area (Å²) in [7, 11) is 1.71. The summed E-state index contributed by atoms with van der Waals surface area (Å²) in [4.78, 5) is 19.7. The summed E-state index contributed by atoms with van der Waals surface area (Å²) in [6.45, 7) is 5.05. The summed E-state index contributed by atoms with van der Waals surface area (Å²) in [6, 6.07) is 20.7. The fraction of sp³-hybridized carbons (Fsp3) is 0.333. The van der Waals surface area contributed by atoms with E-state index in [1.54, 1.807) is 7.11 Å². The number of carbonyl (C=O) groups is 1. The number of benzene rings is 2. The molecule has 0 radical (unpaired) electrons. The average Bonchev–Trinajstić information content (AvgIpc) is 3.24. The number of nitrogens with one attached hydrogen (secondary N) is 1. The molecule has 5 heteroatoms. The van der Waals surface area contributed by atoms with E-state index in [2.05, 4.69) is 45.5 Å². The van der Waals surface area contributed by atoms with Gasteiger partial charge in [-0.2, -0.15) is 0 Å². The highest BCUT2D eigenvalue weighted by Crippen LogP contribution is 2.36. The fourth-order valence-corrected chi connectivity index (χ4v) is 4.68. The molecular weight excluding hydrogens is 398 g/mol. The lowest BCUT2D eigenvalue weighted by Crippen LogP contribution is -2.44. The van der Waals surface area contributed by atoms with E-state index in [1.165, 1.54) is 5.56 Å². The second-order valence-corrected chi connectivity index (χ2v) is 8.52. The van der Waals surface area contributed by atoms with Gasteiger partial charge in [-0.25, -0.2) is 0 Å². The Bertz CT molecular complexity index is 1040. The lowest BCUT2D eigenvalue weighted by atomic mass is 9.79. The molecule has 3 aromatic rings. The molecule has 4 rings (SSSR count).